The largest absolute Gasteiger partial charge is 0.392 e. The first-order valence-electron chi connectivity index (χ1n) is 5.31. The Morgan fingerprint density at radius 1 is 1.38 bits per heavy atom. The number of nitrogens with one attached hydrogen (secondary N) is 1. The standard InChI is InChI=1S/C10H19NO2/c1-7-5-8(6-13-7)11-9-3-2-4-10(9)12/h7-12H,2-6H2,1H3/t7?,8?,9-,10-/m1/s1. The van der Waals surface area contributed by atoms with Crippen molar-refractivity contribution in [1.29, 1.82) is 0 Å². The molecule has 2 unspecified atom stereocenters. The first-order valence-corrected chi connectivity index (χ1v) is 5.31. The summed E-state index contributed by atoms with van der Waals surface area (Å²) in [6, 6.07) is 0.784. The van der Waals surface area contributed by atoms with Gasteiger partial charge in [0.25, 0.3) is 0 Å². The van der Waals surface area contributed by atoms with Crippen LogP contribution in [0.15, 0.2) is 0 Å². The lowest BCUT2D eigenvalue weighted by molar-refractivity contribution is 0.115. The van der Waals surface area contributed by atoms with Crippen molar-refractivity contribution in [2.75, 3.05) is 6.61 Å². The normalized spacial score (nSPS) is 45.7. The summed E-state index contributed by atoms with van der Waals surface area (Å²) >= 11 is 0. The van der Waals surface area contributed by atoms with Gasteiger partial charge in [-0.2, -0.15) is 0 Å². The molecular formula is C10H19NO2. The quantitative estimate of drug-likeness (QED) is 0.664. The summed E-state index contributed by atoms with van der Waals surface area (Å²) in [4.78, 5) is 0. The zero-order valence-electron chi connectivity index (χ0n) is 8.20. The van der Waals surface area contributed by atoms with Gasteiger partial charge in [-0.1, -0.05) is 0 Å². The Hall–Kier alpha value is -0.120. The van der Waals surface area contributed by atoms with Gasteiger partial charge < -0.3 is 15.2 Å². The van der Waals surface area contributed by atoms with Gasteiger partial charge in [0.2, 0.25) is 0 Å². The first-order chi connectivity index (χ1) is 6.25. The van der Waals surface area contributed by atoms with Crippen LogP contribution in [0.1, 0.15) is 32.6 Å². The van der Waals surface area contributed by atoms with E-state index < -0.39 is 0 Å². The molecule has 2 N–H and O–H groups in total. The molecule has 1 heterocycles. The maximum absolute atomic E-state index is 9.61. The second kappa shape index (κ2) is 3.95. The summed E-state index contributed by atoms with van der Waals surface area (Å²) in [5.41, 5.74) is 0. The van der Waals surface area contributed by atoms with Gasteiger partial charge >= 0.3 is 0 Å². The molecule has 0 radical (unpaired) electrons. The van der Waals surface area contributed by atoms with E-state index in [1.54, 1.807) is 0 Å². The summed E-state index contributed by atoms with van der Waals surface area (Å²) in [7, 11) is 0. The molecule has 3 nitrogen and oxygen atoms in total. The van der Waals surface area contributed by atoms with E-state index in [0.29, 0.717) is 18.2 Å². The fourth-order valence-electron chi connectivity index (χ4n) is 2.37. The van der Waals surface area contributed by atoms with Gasteiger partial charge in [0, 0.05) is 12.1 Å². The Kier molecular flexibility index (Phi) is 2.86. The number of aliphatic hydroxyl groups excluding tert-OH is 1. The van der Waals surface area contributed by atoms with Crippen LogP contribution in [0, 0.1) is 0 Å². The van der Waals surface area contributed by atoms with Gasteiger partial charge in [-0.3, -0.25) is 0 Å². The van der Waals surface area contributed by atoms with E-state index >= 15 is 0 Å². The van der Waals surface area contributed by atoms with Crippen LogP contribution in [0.3, 0.4) is 0 Å². The Morgan fingerprint density at radius 2 is 2.23 bits per heavy atom. The van der Waals surface area contributed by atoms with Gasteiger partial charge in [0.1, 0.15) is 0 Å². The molecule has 76 valence electrons. The molecule has 1 saturated carbocycles. The molecule has 0 aromatic rings. The fourth-order valence-corrected chi connectivity index (χ4v) is 2.37. The average molecular weight is 185 g/mol. The molecule has 13 heavy (non-hydrogen) atoms. The summed E-state index contributed by atoms with van der Waals surface area (Å²) in [6.07, 6.45) is 4.57. The van der Waals surface area contributed by atoms with Gasteiger partial charge in [-0.15, -0.1) is 0 Å². The summed E-state index contributed by atoms with van der Waals surface area (Å²) in [5.74, 6) is 0. The third-order valence-corrected chi connectivity index (χ3v) is 3.13. The minimum absolute atomic E-state index is 0.129. The highest BCUT2D eigenvalue weighted by Gasteiger charge is 2.30. The molecule has 0 amide bonds. The van der Waals surface area contributed by atoms with Crippen molar-refractivity contribution >= 4 is 0 Å². The maximum atomic E-state index is 9.61. The van der Waals surface area contributed by atoms with Crippen molar-refractivity contribution in [3.63, 3.8) is 0 Å². The van der Waals surface area contributed by atoms with Crippen molar-refractivity contribution in [3.05, 3.63) is 0 Å². The van der Waals surface area contributed by atoms with E-state index in [9.17, 15) is 5.11 Å². The third kappa shape index (κ3) is 2.22. The van der Waals surface area contributed by atoms with Crippen LogP contribution >= 0.6 is 0 Å². The van der Waals surface area contributed by atoms with Crippen molar-refractivity contribution in [3.8, 4) is 0 Å². The first kappa shape index (κ1) is 9.44. The van der Waals surface area contributed by atoms with Crippen molar-refractivity contribution in [2.24, 2.45) is 0 Å². The Balaban J connectivity index is 1.77. The van der Waals surface area contributed by atoms with Crippen LogP contribution in [0.5, 0.6) is 0 Å². The average Bonchev–Trinajstić information content (AvgIpc) is 2.64. The van der Waals surface area contributed by atoms with Crippen molar-refractivity contribution in [1.82, 2.24) is 5.32 Å². The molecule has 0 aromatic carbocycles. The van der Waals surface area contributed by atoms with Crippen LogP contribution in [0.2, 0.25) is 0 Å². The lowest BCUT2D eigenvalue weighted by Crippen LogP contribution is -2.42. The van der Waals surface area contributed by atoms with E-state index in [-0.39, 0.29) is 6.10 Å². The lowest BCUT2D eigenvalue weighted by atomic mass is 10.1. The highest BCUT2D eigenvalue weighted by atomic mass is 16.5. The molecule has 1 aliphatic heterocycles. The number of rotatable bonds is 2. The summed E-state index contributed by atoms with van der Waals surface area (Å²) in [6.45, 7) is 2.91. The monoisotopic (exact) mass is 185 g/mol. The second-order valence-electron chi connectivity index (χ2n) is 4.35. The molecule has 3 heteroatoms. The number of hydrogen-bond donors (Lipinski definition) is 2. The number of hydrogen-bond acceptors (Lipinski definition) is 3. The number of ether oxygens (including phenoxy) is 1. The molecule has 1 aliphatic carbocycles. The van der Waals surface area contributed by atoms with E-state index in [0.717, 1.165) is 32.3 Å². The maximum Gasteiger partial charge on any atom is 0.0693 e. The highest BCUT2D eigenvalue weighted by molar-refractivity contribution is 4.87. The molecule has 0 aromatic heterocycles. The van der Waals surface area contributed by atoms with Gasteiger partial charge in [-0.25, -0.2) is 0 Å². The zero-order valence-corrected chi connectivity index (χ0v) is 8.20. The van der Waals surface area contributed by atoms with Gasteiger partial charge in [0.15, 0.2) is 0 Å². The van der Waals surface area contributed by atoms with Crippen LogP contribution in [-0.2, 0) is 4.74 Å². The summed E-state index contributed by atoms with van der Waals surface area (Å²) < 4.78 is 5.47. The predicted octanol–water partition coefficient (Wildman–Crippen LogP) is 0.667. The smallest absolute Gasteiger partial charge is 0.0693 e. The van der Waals surface area contributed by atoms with Crippen LogP contribution in [-0.4, -0.2) is 36.0 Å². The van der Waals surface area contributed by atoms with Crippen LogP contribution in [0.4, 0.5) is 0 Å². The van der Waals surface area contributed by atoms with E-state index in [2.05, 4.69) is 12.2 Å². The molecule has 0 spiro atoms. The molecule has 1 saturated heterocycles. The minimum atomic E-state index is -0.129. The second-order valence-corrected chi connectivity index (χ2v) is 4.35. The van der Waals surface area contributed by atoms with Crippen LogP contribution < -0.4 is 5.32 Å². The Morgan fingerprint density at radius 3 is 2.77 bits per heavy atom. The molecular weight excluding hydrogens is 166 g/mol. The summed E-state index contributed by atoms with van der Waals surface area (Å²) in [5, 5.41) is 13.1. The fraction of sp³-hybridized carbons (Fsp3) is 1.00. The van der Waals surface area contributed by atoms with E-state index in [4.69, 9.17) is 4.74 Å². The predicted molar refractivity (Wildman–Crippen MR) is 50.6 cm³/mol. The van der Waals surface area contributed by atoms with Crippen LogP contribution in [0.25, 0.3) is 0 Å². The zero-order chi connectivity index (χ0) is 9.26. The minimum Gasteiger partial charge on any atom is -0.392 e. The van der Waals surface area contributed by atoms with E-state index in [1.165, 1.54) is 0 Å². The highest BCUT2D eigenvalue weighted by Crippen LogP contribution is 2.21. The lowest BCUT2D eigenvalue weighted by Gasteiger charge is -2.20. The Labute approximate surface area is 79.5 Å². The van der Waals surface area contributed by atoms with Gasteiger partial charge in [0.05, 0.1) is 18.8 Å². The topological polar surface area (TPSA) is 41.5 Å². The molecule has 0 bridgehead atoms. The molecule has 2 aliphatic rings. The Bertz CT molecular complexity index is 174. The van der Waals surface area contributed by atoms with Crippen molar-refractivity contribution < 1.29 is 9.84 Å². The third-order valence-electron chi connectivity index (χ3n) is 3.13. The van der Waals surface area contributed by atoms with E-state index in [1.807, 2.05) is 0 Å². The molecule has 2 rings (SSSR count). The molecule has 2 fully saturated rings. The van der Waals surface area contributed by atoms with Gasteiger partial charge in [-0.05, 0) is 32.6 Å². The number of aliphatic hydroxyl groups is 1. The molecule has 4 atom stereocenters. The van der Waals surface area contributed by atoms with Crippen molar-refractivity contribution in [2.45, 2.75) is 56.9 Å². The SMILES string of the molecule is CC1CC(N[C@@H]2CCC[C@H]2O)CO1.